The maximum absolute atomic E-state index is 12.2. The molecule has 132 valence electrons. The van der Waals surface area contributed by atoms with Gasteiger partial charge in [-0.3, -0.25) is 9.48 Å². The maximum atomic E-state index is 12.2. The van der Waals surface area contributed by atoms with Crippen LogP contribution in [0.4, 0.5) is 5.82 Å². The molecule has 2 aromatic heterocycles. The summed E-state index contributed by atoms with van der Waals surface area (Å²) in [6.07, 6.45) is 6.77. The van der Waals surface area contributed by atoms with Gasteiger partial charge in [0.25, 0.3) is 5.91 Å². The largest absolute Gasteiger partial charge is 0.378 e. The molecule has 2 fully saturated rings. The first-order valence-electron chi connectivity index (χ1n) is 8.63. The van der Waals surface area contributed by atoms with Crippen molar-refractivity contribution in [1.29, 1.82) is 0 Å². The monoisotopic (exact) mass is 342 g/mol. The lowest BCUT2D eigenvalue weighted by Crippen LogP contribution is -2.43. The molecule has 0 spiro atoms. The molecule has 1 amide bonds. The van der Waals surface area contributed by atoms with Crippen LogP contribution < -0.4 is 10.2 Å². The number of nitrogens with zero attached hydrogens (tertiary/aromatic N) is 5. The zero-order valence-electron chi connectivity index (χ0n) is 14.3. The Hall–Kier alpha value is -2.48. The Labute approximate surface area is 146 Å². The smallest absolute Gasteiger partial charge is 0.254 e. The van der Waals surface area contributed by atoms with E-state index in [0.717, 1.165) is 50.7 Å². The first kappa shape index (κ1) is 16.0. The number of rotatable bonds is 4. The number of hydrogen-bond donors (Lipinski definition) is 1. The van der Waals surface area contributed by atoms with Crippen molar-refractivity contribution < 1.29 is 9.53 Å². The minimum Gasteiger partial charge on any atom is -0.378 e. The number of ether oxygens (including phenoxy) is 1. The topological polar surface area (TPSA) is 85.2 Å². The molecule has 0 unspecified atom stereocenters. The van der Waals surface area contributed by atoms with Crippen molar-refractivity contribution in [1.82, 2.24) is 25.1 Å². The molecule has 0 atom stereocenters. The van der Waals surface area contributed by atoms with Gasteiger partial charge in [-0.2, -0.15) is 5.10 Å². The van der Waals surface area contributed by atoms with E-state index >= 15 is 0 Å². The van der Waals surface area contributed by atoms with Gasteiger partial charge in [-0.1, -0.05) is 0 Å². The zero-order chi connectivity index (χ0) is 17.2. The summed E-state index contributed by atoms with van der Waals surface area (Å²) in [5, 5.41) is 7.09. The summed E-state index contributed by atoms with van der Waals surface area (Å²) in [4.78, 5) is 23.2. The van der Waals surface area contributed by atoms with E-state index in [1.54, 1.807) is 30.5 Å². The minimum atomic E-state index is -0.0618. The molecule has 0 bridgehead atoms. The van der Waals surface area contributed by atoms with E-state index in [4.69, 9.17) is 4.74 Å². The molecule has 0 radical (unpaired) electrons. The number of carbonyl (C=O) groups excluding carboxylic acids is 1. The third-order valence-electron chi connectivity index (χ3n) is 4.87. The van der Waals surface area contributed by atoms with E-state index in [2.05, 4.69) is 31.3 Å². The highest BCUT2D eigenvalue weighted by molar-refractivity contribution is 5.93. The Bertz CT molecular complexity index is 749. The summed E-state index contributed by atoms with van der Waals surface area (Å²) < 4.78 is 7.02. The van der Waals surface area contributed by atoms with Gasteiger partial charge in [-0.05, 0) is 12.8 Å². The highest BCUT2D eigenvalue weighted by Gasteiger charge is 2.33. The Morgan fingerprint density at radius 3 is 2.80 bits per heavy atom. The van der Waals surface area contributed by atoms with Crippen LogP contribution in [-0.4, -0.2) is 58.0 Å². The number of morpholine rings is 1. The van der Waals surface area contributed by atoms with Crippen LogP contribution in [-0.2, 0) is 11.8 Å². The Morgan fingerprint density at radius 1 is 1.28 bits per heavy atom. The average Bonchev–Trinajstić information content (AvgIpc) is 3.05. The van der Waals surface area contributed by atoms with Crippen molar-refractivity contribution in [2.75, 3.05) is 31.2 Å². The van der Waals surface area contributed by atoms with E-state index < -0.39 is 0 Å². The Kier molecular flexibility index (Phi) is 4.35. The van der Waals surface area contributed by atoms with Crippen LogP contribution in [0, 0.1) is 0 Å². The van der Waals surface area contributed by atoms with Crippen molar-refractivity contribution in [2.24, 2.45) is 7.05 Å². The Morgan fingerprint density at radius 2 is 2.08 bits per heavy atom. The maximum Gasteiger partial charge on any atom is 0.254 e. The van der Waals surface area contributed by atoms with Crippen LogP contribution in [0.2, 0.25) is 0 Å². The van der Waals surface area contributed by atoms with Gasteiger partial charge in [-0.25, -0.2) is 9.97 Å². The molecule has 1 aliphatic heterocycles. The fourth-order valence-corrected chi connectivity index (χ4v) is 3.33. The highest BCUT2D eigenvalue weighted by Crippen LogP contribution is 2.36. The van der Waals surface area contributed by atoms with Crippen molar-refractivity contribution in [3.05, 3.63) is 36.0 Å². The molecule has 8 nitrogen and oxygen atoms in total. The lowest BCUT2D eigenvalue weighted by atomic mass is 9.78. The number of carbonyl (C=O) groups is 1. The number of anilines is 1. The van der Waals surface area contributed by atoms with Crippen LogP contribution in [0.5, 0.6) is 0 Å². The van der Waals surface area contributed by atoms with Gasteiger partial charge in [0.15, 0.2) is 0 Å². The van der Waals surface area contributed by atoms with Gasteiger partial charge in [0.1, 0.15) is 12.1 Å². The van der Waals surface area contributed by atoms with Gasteiger partial charge < -0.3 is 15.0 Å². The number of aryl methyl sites for hydroxylation is 1. The van der Waals surface area contributed by atoms with Crippen molar-refractivity contribution in [2.45, 2.75) is 24.8 Å². The molecule has 8 heteroatoms. The second-order valence-corrected chi connectivity index (χ2v) is 6.64. The van der Waals surface area contributed by atoms with Crippen LogP contribution in [0.15, 0.2) is 24.8 Å². The number of nitrogens with one attached hydrogen (secondary N) is 1. The summed E-state index contributed by atoms with van der Waals surface area (Å²) in [5.74, 6) is 1.28. The molecule has 1 aliphatic carbocycles. The third kappa shape index (κ3) is 3.48. The van der Waals surface area contributed by atoms with Crippen LogP contribution >= 0.6 is 0 Å². The number of amides is 1. The summed E-state index contributed by atoms with van der Waals surface area (Å²) in [6, 6.07) is 2.27. The van der Waals surface area contributed by atoms with Gasteiger partial charge in [0, 0.05) is 50.1 Å². The van der Waals surface area contributed by atoms with Crippen LogP contribution in [0.1, 0.15) is 34.8 Å². The molecule has 2 aromatic rings. The van der Waals surface area contributed by atoms with Crippen molar-refractivity contribution in [3.63, 3.8) is 0 Å². The standard InChI is InChI=1S/C17H22N6O2/c1-22-10-13(9-20-22)17(24)21-14-6-12(7-14)15-8-16(19-11-18-15)23-2-4-25-5-3-23/h8-12,14H,2-7H2,1H3,(H,21,24). The highest BCUT2D eigenvalue weighted by atomic mass is 16.5. The lowest BCUT2D eigenvalue weighted by molar-refractivity contribution is 0.0908. The summed E-state index contributed by atoms with van der Waals surface area (Å²) in [7, 11) is 1.80. The molecule has 1 saturated carbocycles. The van der Waals surface area contributed by atoms with Gasteiger partial charge in [-0.15, -0.1) is 0 Å². The predicted molar refractivity (Wildman–Crippen MR) is 91.5 cm³/mol. The summed E-state index contributed by atoms with van der Waals surface area (Å²) in [5.41, 5.74) is 1.66. The first-order valence-corrected chi connectivity index (χ1v) is 8.63. The predicted octanol–water partition coefficient (Wildman–Crippen LogP) is 0.723. The number of hydrogen-bond acceptors (Lipinski definition) is 6. The number of aromatic nitrogens is 4. The van der Waals surface area contributed by atoms with Crippen molar-refractivity contribution in [3.8, 4) is 0 Å². The van der Waals surface area contributed by atoms with Crippen molar-refractivity contribution >= 4 is 11.7 Å². The molecule has 2 aliphatic rings. The fraction of sp³-hybridized carbons (Fsp3) is 0.529. The van der Waals surface area contributed by atoms with Crippen LogP contribution in [0.25, 0.3) is 0 Å². The average molecular weight is 342 g/mol. The molecule has 0 aromatic carbocycles. The van der Waals surface area contributed by atoms with Gasteiger partial charge in [0.05, 0.1) is 25.0 Å². The Balaban J connectivity index is 1.33. The first-order chi connectivity index (χ1) is 12.2. The van der Waals surface area contributed by atoms with Crippen LogP contribution in [0.3, 0.4) is 0 Å². The fourth-order valence-electron chi connectivity index (χ4n) is 3.33. The SMILES string of the molecule is Cn1cc(C(=O)NC2CC(c3cc(N4CCOCC4)ncn3)C2)cn1. The molecule has 3 heterocycles. The van der Waals surface area contributed by atoms with Gasteiger partial charge in [0.2, 0.25) is 0 Å². The zero-order valence-corrected chi connectivity index (χ0v) is 14.3. The van der Waals surface area contributed by atoms with E-state index in [-0.39, 0.29) is 11.9 Å². The quantitative estimate of drug-likeness (QED) is 0.881. The molecule has 1 N–H and O–H groups in total. The molecule has 25 heavy (non-hydrogen) atoms. The van der Waals surface area contributed by atoms with E-state index in [1.807, 2.05) is 0 Å². The normalized spacial score (nSPS) is 23.2. The third-order valence-corrected chi connectivity index (χ3v) is 4.87. The summed E-state index contributed by atoms with van der Waals surface area (Å²) in [6.45, 7) is 3.21. The minimum absolute atomic E-state index is 0.0618. The van der Waals surface area contributed by atoms with E-state index in [0.29, 0.717) is 11.5 Å². The molecular formula is C17H22N6O2. The summed E-state index contributed by atoms with van der Waals surface area (Å²) >= 11 is 0. The van der Waals surface area contributed by atoms with E-state index in [1.165, 1.54) is 0 Å². The molecular weight excluding hydrogens is 320 g/mol. The second kappa shape index (κ2) is 6.79. The van der Waals surface area contributed by atoms with E-state index in [9.17, 15) is 4.79 Å². The molecule has 4 rings (SSSR count). The van der Waals surface area contributed by atoms with Gasteiger partial charge >= 0.3 is 0 Å². The molecule has 1 saturated heterocycles. The lowest BCUT2D eigenvalue weighted by Gasteiger charge is -2.36. The second-order valence-electron chi connectivity index (χ2n) is 6.64.